The van der Waals surface area contributed by atoms with Crippen LogP contribution in [0.4, 0.5) is 24.5 Å². The van der Waals surface area contributed by atoms with Crippen LogP contribution in [0.1, 0.15) is 11.1 Å². The molecular weight excluding hydrogens is 461 g/mol. The number of rotatable bonds is 6. The molecule has 0 saturated carbocycles. The van der Waals surface area contributed by atoms with E-state index >= 15 is 0 Å². The molecule has 1 aromatic heterocycles. The summed E-state index contributed by atoms with van der Waals surface area (Å²) in [4.78, 5) is -0.311. The predicted molar refractivity (Wildman–Crippen MR) is 109 cm³/mol. The lowest BCUT2D eigenvalue weighted by Crippen LogP contribution is -2.16. The zero-order chi connectivity index (χ0) is 22.2. The van der Waals surface area contributed by atoms with Crippen molar-refractivity contribution in [2.45, 2.75) is 22.2 Å². The van der Waals surface area contributed by atoms with Crippen LogP contribution in [0.3, 0.4) is 0 Å². The van der Waals surface area contributed by atoms with Gasteiger partial charge in [0.1, 0.15) is 4.21 Å². The van der Waals surface area contributed by atoms with Gasteiger partial charge in [-0.15, -0.1) is 11.3 Å². The first-order valence-electron chi connectivity index (χ1n) is 8.25. The highest BCUT2D eigenvalue weighted by Gasteiger charge is 2.30. The van der Waals surface area contributed by atoms with E-state index in [1.807, 2.05) is 0 Å². The third-order valence-corrected chi connectivity index (χ3v) is 8.11. The summed E-state index contributed by atoms with van der Waals surface area (Å²) < 4.78 is 93.2. The first-order valence-corrected chi connectivity index (χ1v) is 12.1. The van der Waals surface area contributed by atoms with Crippen molar-refractivity contribution in [1.29, 1.82) is 0 Å². The predicted octanol–water partition coefficient (Wildman–Crippen LogP) is 4.68. The summed E-state index contributed by atoms with van der Waals surface area (Å²) in [5.74, 6) is 0. The van der Waals surface area contributed by atoms with Gasteiger partial charge >= 0.3 is 6.18 Å². The molecule has 0 aliphatic rings. The first kappa shape index (κ1) is 22.1. The molecule has 160 valence electrons. The number of benzene rings is 2. The SMILES string of the molecule is Cc1ccc(S(=O)(=O)Nc2cccc(C(F)(F)F)c2)cc1NS(=O)(=O)c1cccs1. The maximum Gasteiger partial charge on any atom is 0.416 e. The summed E-state index contributed by atoms with van der Waals surface area (Å²) >= 11 is 0.997. The molecule has 0 amide bonds. The lowest BCUT2D eigenvalue weighted by atomic mass is 10.2. The van der Waals surface area contributed by atoms with Crippen molar-refractivity contribution in [1.82, 2.24) is 0 Å². The monoisotopic (exact) mass is 476 g/mol. The van der Waals surface area contributed by atoms with Crippen molar-refractivity contribution < 1.29 is 30.0 Å². The minimum absolute atomic E-state index is 0.0373. The number of nitrogens with one attached hydrogen (secondary N) is 2. The summed E-state index contributed by atoms with van der Waals surface area (Å²) in [5.41, 5.74) is -0.773. The summed E-state index contributed by atoms with van der Waals surface area (Å²) in [6, 6.07) is 10.5. The number of anilines is 2. The Kier molecular flexibility index (Phi) is 5.85. The standard InChI is InChI=1S/C18H15F3N2O4S3/c1-12-7-8-15(11-16(12)23-30(26,27)17-6-3-9-28-17)29(24,25)22-14-5-2-4-13(10-14)18(19,20)21/h2-11,22-23H,1H3. The lowest BCUT2D eigenvalue weighted by molar-refractivity contribution is -0.137. The van der Waals surface area contributed by atoms with E-state index in [1.165, 1.54) is 24.3 Å². The first-order chi connectivity index (χ1) is 13.9. The maximum atomic E-state index is 12.9. The number of aryl methyl sites for hydroxylation is 1. The van der Waals surface area contributed by atoms with Gasteiger partial charge in [-0.3, -0.25) is 9.44 Å². The van der Waals surface area contributed by atoms with Crippen LogP contribution in [0.15, 0.2) is 69.1 Å². The Morgan fingerprint density at radius 1 is 0.867 bits per heavy atom. The second-order valence-electron chi connectivity index (χ2n) is 6.20. The Balaban J connectivity index is 1.91. The largest absolute Gasteiger partial charge is 0.416 e. The second-order valence-corrected chi connectivity index (χ2v) is 10.7. The van der Waals surface area contributed by atoms with Crippen molar-refractivity contribution in [2.75, 3.05) is 9.44 Å². The molecule has 0 unspecified atom stereocenters. The molecule has 2 N–H and O–H groups in total. The Morgan fingerprint density at radius 2 is 1.60 bits per heavy atom. The van der Waals surface area contributed by atoms with Crippen LogP contribution < -0.4 is 9.44 Å². The molecular formula is C18H15F3N2O4S3. The number of alkyl halides is 3. The molecule has 12 heteroatoms. The fourth-order valence-corrected chi connectivity index (χ4v) is 5.65. The van der Waals surface area contributed by atoms with Gasteiger partial charge in [0.2, 0.25) is 0 Å². The van der Waals surface area contributed by atoms with Gasteiger partial charge in [0.25, 0.3) is 20.0 Å². The Labute approximate surface area is 175 Å². The minimum atomic E-state index is -4.63. The summed E-state index contributed by atoms with van der Waals surface area (Å²) in [7, 11) is -8.18. The Hall–Kier alpha value is -2.57. The molecule has 0 radical (unpaired) electrons. The average molecular weight is 477 g/mol. The van der Waals surface area contributed by atoms with Crippen LogP contribution in [0, 0.1) is 6.92 Å². The molecule has 0 aliphatic carbocycles. The zero-order valence-corrected chi connectivity index (χ0v) is 17.7. The minimum Gasteiger partial charge on any atom is -0.280 e. The van der Waals surface area contributed by atoms with Crippen LogP contribution in [-0.4, -0.2) is 16.8 Å². The number of halogens is 3. The normalized spacial score (nSPS) is 12.5. The summed E-state index contributed by atoms with van der Waals surface area (Å²) in [6.45, 7) is 1.59. The third-order valence-electron chi connectivity index (χ3n) is 3.97. The Morgan fingerprint density at radius 3 is 2.23 bits per heavy atom. The topological polar surface area (TPSA) is 92.3 Å². The van der Waals surface area contributed by atoms with E-state index in [0.29, 0.717) is 11.6 Å². The van der Waals surface area contributed by atoms with Crippen molar-refractivity contribution in [2.24, 2.45) is 0 Å². The maximum absolute atomic E-state index is 12.9. The van der Waals surface area contributed by atoms with E-state index in [4.69, 9.17) is 0 Å². The van der Waals surface area contributed by atoms with E-state index in [-0.39, 0.29) is 20.5 Å². The van der Waals surface area contributed by atoms with Crippen LogP contribution in [-0.2, 0) is 26.2 Å². The van der Waals surface area contributed by atoms with Gasteiger partial charge in [-0.2, -0.15) is 13.2 Å². The van der Waals surface area contributed by atoms with Gasteiger partial charge in [-0.1, -0.05) is 18.2 Å². The number of hydrogen-bond donors (Lipinski definition) is 2. The van der Waals surface area contributed by atoms with Crippen LogP contribution in [0.5, 0.6) is 0 Å². The fraction of sp³-hybridized carbons (Fsp3) is 0.111. The van der Waals surface area contributed by atoms with Crippen molar-refractivity contribution >= 4 is 42.8 Å². The molecule has 0 bridgehead atoms. The molecule has 0 fully saturated rings. The highest BCUT2D eigenvalue weighted by molar-refractivity contribution is 7.94. The summed E-state index contributed by atoms with van der Waals surface area (Å²) in [5, 5.41) is 1.58. The van der Waals surface area contributed by atoms with E-state index in [2.05, 4.69) is 9.44 Å². The van der Waals surface area contributed by atoms with Crippen molar-refractivity contribution in [3.05, 3.63) is 71.1 Å². The van der Waals surface area contributed by atoms with Gasteiger partial charge in [-0.05, 0) is 54.3 Å². The van der Waals surface area contributed by atoms with Crippen molar-refractivity contribution in [3.63, 3.8) is 0 Å². The van der Waals surface area contributed by atoms with E-state index < -0.39 is 31.8 Å². The van der Waals surface area contributed by atoms with Crippen molar-refractivity contribution in [3.8, 4) is 0 Å². The number of thiophene rings is 1. The third kappa shape index (κ3) is 4.94. The van der Waals surface area contributed by atoms with Gasteiger partial charge in [0.05, 0.1) is 16.1 Å². The highest BCUT2D eigenvalue weighted by Crippen LogP contribution is 2.31. The molecule has 0 aliphatic heterocycles. The number of sulfonamides is 2. The van der Waals surface area contributed by atoms with Gasteiger partial charge in [-0.25, -0.2) is 16.8 Å². The lowest BCUT2D eigenvalue weighted by Gasteiger charge is -2.14. The van der Waals surface area contributed by atoms with Gasteiger partial charge in [0, 0.05) is 5.69 Å². The quantitative estimate of drug-likeness (QED) is 0.541. The number of hydrogen-bond acceptors (Lipinski definition) is 5. The Bertz CT molecular complexity index is 1270. The molecule has 0 spiro atoms. The fourth-order valence-electron chi connectivity index (χ4n) is 2.46. The van der Waals surface area contributed by atoms with Crippen LogP contribution >= 0.6 is 11.3 Å². The molecule has 0 atom stereocenters. The molecule has 3 rings (SSSR count). The molecule has 1 heterocycles. The second kappa shape index (κ2) is 7.93. The van der Waals surface area contributed by atoms with Gasteiger partial charge in [0.15, 0.2) is 0 Å². The molecule has 2 aromatic carbocycles. The molecule has 30 heavy (non-hydrogen) atoms. The van der Waals surface area contributed by atoms with Crippen LogP contribution in [0.25, 0.3) is 0 Å². The highest BCUT2D eigenvalue weighted by atomic mass is 32.2. The molecule has 0 saturated heterocycles. The summed E-state index contributed by atoms with van der Waals surface area (Å²) in [6.07, 6.45) is -4.63. The zero-order valence-electron chi connectivity index (χ0n) is 15.3. The smallest absolute Gasteiger partial charge is 0.280 e. The average Bonchev–Trinajstić information content (AvgIpc) is 3.18. The molecule has 3 aromatic rings. The van der Waals surface area contributed by atoms with E-state index in [0.717, 1.165) is 29.5 Å². The molecule has 6 nitrogen and oxygen atoms in total. The van der Waals surface area contributed by atoms with E-state index in [9.17, 15) is 30.0 Å². The van der Waals surface area contributed by atoms with Gasteiger partial charge < -0.3 is 0 Å². The van der Waals surface area contributed by atoms with E-state index in [1.54, 1.807) is 18.4 Å². The van der Waals surface area contributed by atoms with Crippen LogP contribution in [0.2, 0.25) is 0 Å².